The third-order valence-corrected chi connectivity index (χ3v) is 11.4. The van der Waals surface area contributed by atoms with Gasteiger partial charge in [-0.2, -0.15) is 0 Å². The highest BCUT2D eigenvalue weighted by Gasteiger charge is 2.42. The van der Waals surface area contributed by atoms with Gasteiger partial charge in [0.05, 0.1) is 29.6 Å². The third-order valence-electron chi connectivity index (χ3n) is 11.4. The van der Waals surface area contributed by atoms with E-state index in [-0.39, 0.29) is 11.1 Å². The first-order valence-corrected chi connectivity index (χ1v) is 18.0. The van der Waals surface area contributed by atoms with Gasteiger partial charge < -0.3 is 29.5 Å². The molecule has 9 heteroatoms. The molecule has 51 heavy (non-hydrogen) atoms. The molecular formula is C42H46N3O6+. The van der Waals surface area contributed by atoms with Gasteiger partial charge in [-0.25, -0.2) is 4.58 Å². The molecule has 8 rings (SSSR count). The predicted molar refractivity (Wildman–Crippen MR) is 200 cm³/mol. The van der Waals surface area contributed by atoms with Gasteiger partial charge >= 0.3 is 11.9 Å². The number of carboxylic acids is 2. The van der Waals surface area contributed by atoms with Crippen LogP contribution in [0.1, 0.15) is 87.8 Å². The summed E-state index contributed by atoms with van der Waals surface area (Å²) in [6.45, 7) is 14.6. The SMILES string of the molecule is COc1cc(C2=c3cc4c5c(c3Oc3c2cc2c6c3CCCN6C(C)(C)C=C2C)CCC[N+]=5C(C)(C)C=C4C)ccc1N(CC(=O)O)CC(=O)O. The van der Waals surface area contributed by atoms with Crippen LogP contribution in [-0.2, 0) is 22.4 Å². The molecule has 0 saturated heterocycles. The quantitative estimate of drug-likeness (QED) is 0.242. The molecule has 3 aromatic carbocycles. The fraction of sp³-hybridized carbons (Fsp3) is 0.405. The lowest BCUT2D eigenvalue weighted by atomic mass is 9.79. The lowest BCUT2D eigenvalue weighted by Crippen LogP contribution is -2.53. The number of aliphatic carboxylic acids is 2. The van der Waals surface area contributed by atoms with E-state index < -0.39 is 25.0 Å². The van der Waals surface area contributed by atoms with Crippen molar-refractivity contribution < 1.29 is 29.3 Å². The number of anilines is 2. The van der Waals surface area contributed by atoms with Gasteiger partial charge in [-0.15, -0.1) is 0 Å². The molecule has 0 fully saturated rings. The monoisotopic (exact) mass is 688 g/mol. The Morgan fingerprint density at radius 3 is 2.31 bits per heavy atom. The van der Waals surface area contributed by atoms with Crippen LogP contribution < -0.4 is 34.4 Å². The third kappa shape index (κ3) is 5.06. The van der Waals surface area contributed by atoms with Crippen LogP contribution in [-0.4, -0.2) is 66.5 Å². The Morgan fingerprint density at radius 1 is 0.902 bits per heavy atom. The number of rotatable bonds is 7. The molecule has 0 amide bonds. The zero-order valence-corrected chi connectivity index (χ0v) is 30.6. The maximum atomic E-state index is 11.8. The molecule has 0 aliphatic carbocycles. The van der Waals surface area contributed by atoms with Crippen molar-refractivity contribution in [3.63, 3.8) is 0 Å². The van der Waals surface area contributed by atoms with Gasteiger partial charge in [0, 0.05) is 59.9 Å². The molecule has 0 atom stereocenters. The lowest BCUT2D eigenvalue weighted by Gasteiger charge is -2.47. The van der Waals surface area contributed by atoms with E-state index in [1.54, 1.807) is 6.07 Å². The predicted octanol–water partition coefficient (Wildman–Crippen LogP) is 5.60. The zero-order valence-electron chi connectivity index (χ0n) is 30.6. The molecule has 264 valence electrons. The molecule has 2 N–H and O–H groups in total. The van der Waals surface area contributed by atoms with E-state index in [2.05, 4.69) is 75.3 Å². The van der Waals surface area contributed by atoms with Gasteiger partial charge in [-0.1, -0.05) is 12.1 Å². The van der Waals surface area contributed by atoms with Crippen molar-refractivity contribution in [2.45, 2.75) is 78.3 Å². The molecule has 5 aliphatic rings. The number of allylic oxidation sites excluding steroid dienone is 2. The highest BCUT2D eigenvalue weighted by atomic mass is 16.5. The van der Waals surface area contributed by atoms with E-state index in [0.717, 1.165) is 72.2 Å². The van der Waals surface area contributed by atoms with Gasteiger partial charge in [0.15, 0.2) is 5.54 Å². The van der Waals surface area contributed by atoms with Gasteiger partial charge in [0.2, 0.25) is 5.36 Å². The summed E-state index contributed by atoms with van der Waals surface area (Å²) < 4.78 is 15.7. The Kier molecular flexibility index (Phi) is 7.46. The standard InChI is InChI=1S/C42H45N3O6/c1-23-19-41(3,4)44-14-8-10-26-37(44)28(23)17-30-36(25-12-13-32(33(16-25)50-7)43(21-34(46)47)22-35(48)49)31-18-29-24(2)20-42(5,6)45-15-9-11-27(38(29)45)40(31)51-39(26)30/h12-13,16-20H,8-11,14-15,21-22H2,1-7H3,(H-,46,47,48,49)/p+1. The number of ether oxygens (including phenoxy) is 2. The summed E-state index contributed by atoms with van der Waals surface area (Å²) in [5.41, 5.74) is 11.8. The van der Waals surface area contributed by atoms with Crippen LogP contribution in [0, 0.1) is 0 Å². The van der Waals surface area contributed by atoms with Crippen molar-refractivity contribution in [2.75, 3.05) is 43.1 Å². The Morgan fingerprint density at radius 2 is 1.61 bits per heavy atom. The minimum atomic E-state index is -1.12. The highest BCUT2D eigenvalue weighted by Crippen LogP contribution is 2.52. The van der Waals surface area contributed by atoms with E-state index in [9.17, 15) is 19.8 Å². The van der Waals surface area contributed by atoms with Crippen LogP contribution in [0.25, 0.3) is 16.7 Å². The number of benzene rings is 3. The molecule has 0 spiro atoms. The number of methoxy groups -OCH3 is 1. The van der Waals surface area contributed by atoms with Gasteiger partial charge in [0.25, 0.3) is 0 Å². The fourth-order valence-electron chi connectivity index (χ4n) is 9.49. The van der Waals surface area contributed by atoms with E-state index >= 15 is 0 Å². The van der Waals surface area contributed by atoms with E-state index in [4.69, 9.17) is 9.47 Å². The molecule has 0 aromatic heterocycles. The summed E-state index contributed by atoms with van der Waals surface area (Å²) in [6, 6.07) is 10.3. The number of hydrogen-bond donors (Lipinski definition) is 2. The first kappa shape index (κ1) is 33.1. The van der Waals surface area contributed by atoms with Gasteiger partial charge in [-0.05, 0) is 94.0 Å². The second-order valence-electron chi connectivity index (χ2n) is 15.7. The molecular weight excluding hydrogens is 642 g/mol. The number of carboxylic acid groups (broad SMARTS) is 2. The van der Waals surface area contributed by atoms with E-state index in [1.807, 2.05) is 12.1 Å². The summed E-state index contributed by atoms with van der Waals surface area (Å²) in [7, 11) is 1.54. The Labute approximate surface area is 298 Å². The number of nitrogens with zero attached hydrogens (tertiary/aromatic N) is 3. The van der Waals surface area contributed by atoms with Crippen LogP contribution >= 0.6 is 0 Å². The average molecular weight is 689 g/mol. The van der Waals surface area contributed by atoms with Crippen molar-refractivity contribution in [1.82, 2.24) is 4.58 Å². The molecule has 0 radical (unpaired) electrons. The normalized spacial score (nSPS) is 18.7. The van der Waals surface area contributed by atoms with Crippen molar-refractivity contribution >= 4 is 40.0 Å². The first-order valence-electron chi connectivity index (χ1n) is 18.0. The molecule has 5 aliphatic heterocycles. The Bertz CT molecular complexity index is 2260. The van der Waals surface area contributed by atoms with E-state index in [0.29, 0.717) is 11.4 Å². The minimum absolute atomic E-state index is 0.123. The van der Waals surface area contributed by atoms with Crippen molar-refractivity contribution in [3.8, 4) is 17.2 Å². The Hall–Kier alpha value is -5.05. The molecule has 5 heterocycles. The first-order chi connectivity index (χ1) is 24.2. The van der Waals surface area contributed by atoms with Crippen LogP contribution in [0.5, 0.6) is 17.2 Å². The van der Waals surface area contributed by atoms with Crippen LogP contribution in [0.4, 0.5) is 11.4 Å². The molecule has 0 bridgehead atoms. The number of fused-ring (bicyclic) bond motifs is 4. The van der Waals surface area contributed by atoms with Crippen molar-refractivity contribution in [3.05, 3.63) is 86.4 Å². The zero-order chi connectivity index (χ0) is 36.1. The molecule has 0 unspecified atom stereocenters. The molecule has 9 nitrogen and oxygen atoms in total. The number of carbonyl (C=O) groups is 2. The van der Waals surface area contributed by atoms with Gasteiger partial charge in [0.1, 0.15) is 36.9 Å². The summed E-state index contributed by atoms with van der Waals surface area (Å²) in [5.74, 6) is -0.0265. The van der Waals surface area contributed by atoms with Crippen LogP contribution in [0.3, 0.4) is 0 Å². The second kappa shape index (κ2) is 11.5. The molecule has 3 aromatic rings. The minimum Gasteiger partial charge on any atom is -0.495 e. The van der Waals surface area contributed by atoms with Crippen molar-refractivity contribution in [2.24, 2.45) is 0 Å². The summed E-state index contributed by atoms with van der Waals surface area (Å²) in [4.78, 5) is 27.4. The summed E-state index contributed by atoms with van der Waals surface area (Å²) in [5, 5.41) is 21.6. The smallest absolute Gasteiger partial charge is 0.323 e. The number of hydrogen-bond acceptors (Lipinski definition) is 6. The highest BCUT2D eigenvalue weighted by molar-refractivity contribution is 5.95. The largest absolute Gasteiger partial charge is 0.495 e. The van der Waals surface area contributed by atoms with E-state index in [1.165, 1.54) is 56.5 Å². The summed E-state index contributed by atoms with van der Waals surface area (Å²) in [6.07, 6.45) is 8.62. The van der Waals surface area contributed by atoms with Crippen molar-refractivity contribution in [1.29, 1.82) is 0 Å². The Balaban J connectivity index is 1.47. The topological polar surface area (TPSA) is 103 Å². The average Bonchev–Trinajstić information content (AvgIpc) is 3.07. The second-order valence-corrected chi connectivity index (χ2v) is 15.7. The lowest BCUT2D eigenvalue weighted by molar-refractivity contribution is -0.136. The summed E-state index contributed by atoms with van der Waals surface area (Å²) >= 11 is 0. The maximum Gasteiger partial charge on any atom is 0.323 e. The van der Waals surface area contributed by atoms with Gasteiger partial charge in [-0.3, -0.25) is 9.59 Å². The maximum absolute atomic E-state index is 11.8. The fourth-order valence-corrected chi connectivity index (χ4v) is 9.49. The van der Waals surface area contributed by atoms with Crippen LogP contribution in [0.15, 0.2) is 42.5 Å². The molecule has 0 saturated carbocycles. The van der Waals surface area contributed by atoms with Crippen LogP contribution in [0.2, 0.25) is 0 Å².